The predicted molar refractivity (Wildman–Crippen MR) is 112 cm³/mol. The lowest BCUT2D eigenvalue weighted by atomic mass is 10.1. The van der Waals surface area contributed by atoms with E-state index in [0.717, 1.165) is 23.1 Å². The molecule has 1 amide bonds. The lowest BCUT2D eigenvalue weighted by Crippen LogP contribution is -2.30. The number of benzene rings is 2. The molecule has 0 saturated heterocycles. The molecule has 0 unspecified atom stereocenters. The van der Waals surface area contributed by atoms with Crippen molar-refractivity contribution in [1.82, 2.24) is 14.9 Å². The Balaban J connectivity index is 1.80. The smallest absolute Gasteiger partial charge is 0.240 e. The van der Waals surface area contributed by atoms with Gasteiger partial charge in [0.1, 0.15) is 23.9 Å². The van der Waals surface area contributed by atoms with E-state index in [1.165, 1.54) is 0 Å². The number of amides is 1. The van der Waals surface area contributed by atoms with Crippen LogP contribution in [0.25, 0.3) is 11.0 Å². The van der Waals surface area contributed by atoms with Crippen LogP contribution in [0.5, 0.6) is 5.75 Å². The first-order chi connectivity index (χ1) is 13.8. The zero-order valence-electron chi connectivity index (χ0n) is 16.8. The molecule has 0 fully saturated rings. The van der Waals surface area contributed by atoms with Crippen molar-refractivity contribution in [1.29, 1.82) is 0 Å². The number of nitrogens with zero attached hydrogens (tertiary/aromatic N) is 2. The lowest BCUT2D eigenvalue weighted by molar-refractivity contribution is -0.122. The van der Waals surface area contributed by atoms with E-state index in [0.29, 0.717) is 17.9 Å². The number of imidazole rings is 1. The minimum atomic E-state index is -3.29. The molecule has 0 radical (unpaired) electrons. The van der Waals surface area contributed by atoms with Gasteiger partial charge in [-0.1, -0.05) is 24.3 Å². The highest BCUT2D eigenvalue weighted by molar-refractivity contribution is 7.89. The van der Waals surface area contributed by atoms with E-state index in [-0.39, 0.29) is 24.2 Å². The largest absolute Gasteiger partial charge is 0.494 e. The highest BCUT2D eigenvalue weighted by atomic mass is 32.2. The summed E-state index contributed by atoms with van der Waals surface area (Å²) in [4.78, 5) is 17.1. The van der Waals surface area contributed by atoms with Crippen molar-refractivity contribution in [3.8, 4) is 5.75 Å². The topological polar surface area (TPSA) is 90.3 Å². The van der Waals surface area contributed by atoms with Gasteiger partial charge < -0.3 is 14.6 Å². The van der Waals surface area contributed by atoms with E-state index in [9.17, 15) is 13.2 Å². The van der Waals surface area contributed by atoms with E-state index in [2.05, 4.69) is 10.3 Å². The SMILES string of the molecule is CCOc1cccc([C@H](C)NC(=O)Cn2c(CS(C)(=O)=O)nc3ccccc32)c1. The van der Waals surface area contributed by atoms with Crippen LogP contribution in [0.2, 0.25) is 0 Å². The number of sulfone groups is 1. The van der Waals surface area contributed by atoms with Gasteiger partial charge >= 0.3 is 0 Å². The first-order valence-electron chi connectivity index (χ1n) is 9.41. The van der Waals surface area contributed by atoms with Gasteiger partial charge in [-0.3, -0.25) is 4.79 Å². The van der Waals surface area contributed by atoms with Crippen LogP contribution in [-0.2, 0) is 26.9 Å². The van der Waals surface area contributed by atoms with Crippen LogP contribution in [0.15, 0.2) is 48.5 Å². The van der Waals surface area contributed by atoms with Crippen molar-refractivity contribution in [2.24, 2.45) is 0 Å². The van der Waals surface area contributed by atoms with Crippen molar-refractivity contribution in [2.45, 2.75) is 32.2 Å². The Hall–Kier alpha value is -2.87. The van der Waals surface area contributed by atoms with Gasteiger partial charge in [-0.15, -0.1) is 0 Å². The number of carbonyl (C=O) groups excluding carboxylic acids is 1. The van der Waals surface area contributed by atoms with Crippen molar-refractivity contribution in [2.75, 3.05) is 12.9 Å². The minimum absolute atomic E-state index is 0.0130. The molecule has 0 bridgehead atoms. The Bertz CT molecular complexity index is 1120. The zero-order valence-corrected chi connectivity index (χ0v) is 17.6. The fourth-order valence-electron chi connectivity index (χ4n) is 3.20. The van der Waals surface area contributed by atoms with Gasteiger partial charge in [-0.2, -0.15) is 0 Å². The molecule has 154 valence electrons. The second-order valence-corrected chi connectivity index (χ2v) is 9.11. The molecule has 0 aliphatic rings. The second kappa shape index (κ2) is 8.65. The fourth-order valence-corrected chi connectivity index (χ4v) is 3.89. The van der Waals surface area contributed by atoms with Gasteiger partial charge in [0, 0.05) is 6.26 Å². The van der Waals surface area contributed by atoms with Gasteiger partial charge in [0.15, 0.2) is 9.84 Å². The maximum atomic E-state index is 12.7. The van der Waals surface area contributed by atoms with Crippen LogP contribution in [-0.4, -0.2) is 36.7 Å². The normalized spacial score (nSPS) is 12.7. The molecule has 3 aromatic rings. The number of aromatic nitrogens is 2. The molecule has 1 aromatic heterocycles. The van der Waals surface area contributed by atoms with Crippen LogP contribution in [0.1, 0.15) is 31.3 Å². The highest BCUT2D eigenvalue weighted by Crippen LogP contribution is 2.20. The first-order valence-corrected chi connectivity index (χ1v) is 11.5. The molecular weight excluding hydrogens is 390 g/mol. The van der Waals surface area contributed by atoms with Crippen LogP contribution in [0.3, 0.4) is 0 Å². The predicted octanol–water partition coefficient (Wildman–Crippen LogP) is 2.86. The summed E-state index contributed by atoms with van der Waals surface area (Å²) in [5.74, 6) is 0.662. The summed E-state index contributed by atoms with van der Waals surface area (Å²) in [5, 5.41) is 2.97. The Labute approximate surface area is 170 Å². The summed E-state index contributed by atoms with van der Waals surface area (Å²) >= 11 is 0. The van der Waals surface area contributed by atoms with Gasteiger partial charge in [0.2, 0.25) is 5.91 Å². The molecule has 2 aromatic carbocycles. The molecule has 1 heterocycles. The number of fused-ring (bicyclic) bond motifs is 1. The van der Waals surface area contributed by atoms with Crippen LogP contribution in [0, 0.1) is 0 Å². The van der Waals surface area contributed by atoms with E-state index in [4.69, 9.17) is 4.74 Å². The molecule has 8 heteroatoms. The summed E-state index contributed by atoms with van der Waals surface area (Å²) in [5.41, 5.74) is 2.32. The number of para-hydroxylation sites is 2. The third-order valence-electron chi connectivity index (χ3n) is 4.47. The number of nitrogens with one attached hydrogen (secondary N) is 1. The monoisotopic (exact) mass is 415 g/mol. The van der Waals surface area contributed by atoms with Gasteiger partial charge in [-0.05, 0) is 43.7 Å². The number of ether oxygens (including phenoxy) is 1. The number of carbonyl (C=O) groups is 1. The van der Waals surface area contributed by atoms with Crippen molar-refractivity contribution >= 4 is 26.8 Å². The molecule has 1 atom stereocenters. The van der Waals surface area contributed by atoms with E-state index in [1.54, 1.807) is 10.6 Å². The maximum absolute atomic E-state index is 12.7. The van der Waals surface area contributed by atoms with Crippen LogP contribution >= 0.6 is 0 Å². The Morgan fingerprint density at radius 2 is 1.97 bits per heavy atom. The molecule has 0 aliphatic heterocycles. The van der Waals surface area contributed by atoms with Gasteiger partial charge in [-0.25, -0.2) is 13.4 Å². The van der Waals surface area contributed by atoms with Crippen LogP contribution < -0.4 is 10.1 Å². The summed E-state index contributed by atoms with van der Waals surface area (Å²) in [6, 6.07) is 14.7. The third-order valence-corrected chi connectivity index (χ3v) is 5.26. The van der Waals surface area contributed by atoms with Crippen LogP contribution in [0.4, 0.5) is 0 Å². The molecule has 7 nitrogen and oxygen atoms in total. The summed E-state index contributed by atoms with van der Waals surface area (Å²) < 4.78 is 30.8. The van der Waals surface area contributed by atoms with Crippen molar-refractivity contribution in [3.63, 3.8) is 0 Å². The molecule has 0 aliphatic carbocycles. The quantitative estimate of drug-likeness (QED) is 0.611. The number of rotatable bonds is 8. The Morgan fingerprint density at radius 1 is 1.21 bits per heavy atom. The van der Waals surface area contributed by atoms with Gasteiger partial charge in [0.25, 0.3) is 0 Å². The highest BCUT2D eigenvalue weighted by Gasteiger charge is 2.18. The Morgan fingerprint density at radius 3 is 2.69 bits per heavy atom. The summed E-state index contributed by atoms with van der Waals surface area (Å²) in [6.07, 6.45) is 1.16. The molecule has 1 N–H and O–H groups in total. The van der Waals surface area contributed by atoms with E-state index in [1.807, 2.05) is 56.3 Å². The van der Waals surface area contributed by atoms with Crippen molar-refractivity contribution in [3.05, 3.63) is 59.9 Å². The first kappa shape index (κ1) is 20.9. The van der Waals surface area contributed by atoms with E-state index >= 15 is 0 Å². The lowest BCUT2D eigenvalue weighted by Gasteiger charge is -2.16. The Kier molecular flexibility index (Phi) is 6.22. The second-order valence-electron chi connectivity index (χ2n) is 6.97. The number of hydrogen-bond acceptors (Lipinski definition) is 5. The summed E-state index contributed by atoms with van der Waals surface area (Å²) in [6.45, 7) is 4.37. The average Bonchev–Trinajstić information content (AvgIpc) is 2.97. The molecule has 0 saturated carbocycles. The minimum Gasteiger partial charge on any atom is -0.494 e. The van der Waals surface area contributed by atoms with Gasteiger partial charge in [0.05, 0.1) is 23.7 Å². The summed E-state index contributed by atoms with van der Waals surface area (Å²) in [7, 11) is -3.29. The fraction of sp³-hybridized carbons (Fsp3) is 0.333. The average molecular weight is 416 g/mol. The third kappa shape index (κ3) is 5.35. The standard InChI is InChI=1S/C21H25N3O4S/c1-4-28-17-9-7-8-16(12-17)15(2)22-21(25)13-24-19-11-6-5-10-18(19)23-20(24)14-29(3,26)27/h5-12,15H,4,13-14H2,1-3H3,(H,22,25)/t15-/m0/s1. The maximum Gasteiger partial charge on any atom is 0.240 e. The molecular formula is C21H25N3O4S. The van der Waals surface area contributed by atoms with Crippen molar-refractivity contribution < 1.29 is 17.9 Å². The zero-order chi connectivity index (χ0) is 21.0. The van der Waals surface area contributed by atoms with E-state index < -0.39 is 9.84 Å². The molecule has 3 rings (SSSR count). The molecule has 29 heavy (non-hydrogen) atoms. The molecule has 0 spiro atoms. The number of hydrogen-bond donors (Lipinski definition) is 1.